The lowest BCUT2D eigenvalue weighted by atomic mass is 10.0. The van der Waals surface area contributed by atoms with Crippen LogP contribution in [0.4, 0.5) is 4.79 Å². The largest absolute Gasteiger partial charge is 0.453 e. The Balaban J connectivity index is 1.55. The van der Waals surface area contributed by atoms with Gasteiger partial charge >= 0.3 is 6.09 Å². The third-order valence-electron chi connectivity index (χ3n) is 4.56. The Morgan fingerprint density at radius 1 is 1.23 bits per heavy atom. The minimum absolute atomic E-state index is 0.147. The summed E-state index contributed by atoms with van der Waals surface area (Å²) in [7, 11) is 1.34. The van der Waals surface area contributed by atoms with Crippen LogP contribution in [-0.4, -0.2) is 46.4 Å². The van der Waals surface area contributed by atoms with Gasteiger partial charge in [0.05, 0.1) is 19.9 Å². The number of ether oxygens (including phenoxy) is 1. The van der Waals surface area contributed by atoms with Crippen LogP contribution >= 0.6 is 0 Å². The zero-order valence-electron chi connectivity index (χ0n) is 14.9. The highest BCUT2D eigenvalue weighted by Crippen LogP contribution is 2.18. The molecule has 0 radical (unpaired) electrons. The van der Waals surface area contributed by atoms with E-state index in [0.717, 1.165) is 18.4 Å². The molecule has 1 fully saturated rings. The van der Waals surface area contributed by atoms with Crippen molar-refractivity contribution in [2.45, 2.75) is 38.4 Å². The van der Waals surface area contributed by atoms with Gasteiger partial charge in [0.1, 0.15) is 6.04 Å². The van der Waals surface area contributed by atoms with Crippen LogP contribution in [0.2, 0.25) is 0 Å². The van der Waals surface area contributed by atoms with E-state index in [-0.39, 0.29) is 5.91 Å². The first-order valence-electron chi connectivity index (χ1n) is 8.85. The Labute approximate surface area is 152 Å². The molecule has 0 aliphatic carbocycles. The van der Waals surface area contributed by atoms with Crippen LogP contribution in [0, 0.1) is 0 Å². The van der Waals surface area contributed by atoms with Gasteiger partial charge in [0, 0.05) is 24.8 Å². The van der Waals surface area contributed by atoms with E-state index in [1.807, 2.05) is 41.2 Å². The number of likely N-dealkylation sites (tertiary alicyclic amines) is 1. The SMILES string of the molecule is COC(=O)N1CCCCC1C(=O)NCc1cnn(Cc2ccccc2)c1. The number of aromatic nitrogens is 2. The lowest BCUT2D eigenvalue weighted by Gasteiger charge is -2.33. The van der Waals surface area contributed by atoms with Gasteiger partial charge in [0.15, 0.2) is 0 Å². The fourth-order valence-electron chi connectivity index (χ4n) is 3.20. The first-order valence-corrected chi connectivity index (χ1v) is 8.85. The number of carbonyl (C=O) groups is 2. The zero-order valence-corrected chi connectivity index (χ0v) is 14.9. The standard InChI is InChI=1S/C19H24N4O3/c1-26-19(25)23-10-6-5-9-17(23)18(24)20-11-16-12-21-22(14-16)13-15-7-3-2-4-8-15/h2-4,7-8,12,14,17H,5-6,9-11,13H2,1H3,(H,20,24). The van der Waals surface area contributed by atoms with E-state index < -0.39 is 12.1 Å². The van der Waals surface area contributed by atoms with Crippen molar-refractivity contribution in [1.29, 1.82) is 0 Å². The van der Waals surface area contributed by atoms with Gasteiger partial charge in [-0.15, -0.1) is 0 Å². The van der Waals surface area contributed by atoms with Crippen LogP contribution in [0.1, 0.15) is 30.4 Å². The predicted octanol–water partition coefficient (Wildman–Crippen LogP) is 2.17. The van der Waals surface area contributed by atoms with Crippen LogP contribution < -0.4 is 5.32 Å². The molecule has 0 spiro atoms. The third-order valence-corrected chi connectivity index (χ3v) is 4.56. The monoisotopic (exact) mass is 356 g/mol. The summed E-state index contributed by atoms with van der Waals surface area (Å²) < 4.78 is 6.63. The van der Waals surface area contributed by atoms with E-state index in [0.29, 0.717) is 26.1 Å². The van der Waals surface area contributed by atoms with Crippen molar-refractivity contribution in [3.63, 3.8) is 0 Å². The van der Waals surface area contributed by atoms with Crippen molar-refractivity contribution in [3.05, 3.63) is 53.9 Å². The smallest absolute Gasteiger partial charge is 0.410 e. The highest BCUT2D eigenvalue weighted by Gasteiger charge is 2.32. The fourth-order valence-corrected chi connectivity index (χ4v) is 3.20. The van der Waals surface area contributed by atoms with Crippen LogP contribution in [0.15, 0.2) is 42.7 Å². The van der Waals surface area contributed by atoms with Gasteiger partial charge in [-0.05, 0) is 24.8 Å². The molecule has 2 aromatic rings. The molecule has 1 aromatic carbocycles. The minimum Gasteiger partial charge on any atom is -0.453 e. The summed E-state index contributed by atoms with van der Waals surface area (Å²) in [6, 6.07) is 9.61. The van der Waals surface area contributed by atoms with Crippen LogP contribution in [0.25, 0.3) is 0 Å². The molecule has 2 amide bonds. The molecule has 2 heterocycles. The molecule has 7 heteroatoms. The topological polar surface area (TPSA) is 76.5 Å². The molecule has 1 aliphatic heterocycles. The number of nitrogens with zero attached hydrogens (tertiary/aromatic N) is 3. The molecule has 26 heavy (non-hydrogen) atoms. The van der Waals surface area contributed by atoms with E-state index in [1.165, 1.54) is 17.6 Å². The van der Waals surface area contributed by atoms with E-state index >= 15 is 0 Å². The molecule has 1 atom stereocenters. The lowest BCUT2D eigenvalue weighted by molar-refractivity contribution is -0.127. The summed E-state index contributed by atoms with van der Waals surface area (Å²) in [5.74, 6) is -0.147. The summed E-state index contributed by atoms with van der Waals surface area (Å²) in [6.45, 7) is 1.63. The maximum absolute atomic E-state index is 12.5. The van der Waals surface area contributed by atoms with Gasteiger partial charge < -0.3 is 10.1 Å². The molecule has 7 nitrogen and oxygen atoms in total. The summed E-state index contributed by atoms with van der Waals surface area (Å²) in [6.07, 6.45) is 5.72. The number of hydrogen-bond donors (Lipinski definition) is 1. The predicted molar refractivity (Wildman–Crippen MR) is 96.4 cm³/mol. The normalized spacial score (nSPS) is 17.0. The Morgan fingerprint density at radius 2 is 2.04 bits per heavy atom. The second-order valence-corrected chi connectivity index (χ2v) is 6.42. The number of piperidine rings is 1. The number of rotatable bonds is 5. The average Bonchev–Trinajstić information content (AvgIpc) is 3.13. The quantitative estimate of drug-likeness (QED) is 0.891. The number of methoxy groups -OCH3 is 1. The highest BCUT2D eigenvalue weighted by atomic mass is 16.5. The van der Waals surface area contributed by atoms with Crippen molar-refractivity contribution in [2.24, 2.45) is 0 Å². The number of nitrogens with one attached hydrogen (secondary N) is 1. The third kappa shape index (κ3) is 4.41. The van der Waals surface area contributed by atoms with Crippen LogP contribution in [0.3, 0.4) is 0 Å². The summed E-state index contributed by atoms with van der Waals surface area (Å²) >= 11 is 0. The van der Waals surface area contributed by atoms with E-state index in [4.69, 9.17) is 4.74 Å². The Morgan fingerprint density at radius 3 is 2.81 bits per heavy atom. The second-order valence-electron chi connectivity index (χ2n) is 6.42. The number of carbonyl (C=O) groups excluding carboxylic acids is 2. The van der Waals surface area contributed by atoms with Crippen molar-refractivity contribution in [2.75, 3.05) is 13.7 Å². The van der Waals surface area contributed by atoms with Crippen molar-refractivity contribution in [3.8, 4) is 0 Å². The second kappa shape index (κ2) is 8.51. The molecule has 1 saturated heterocycles. The maximum Gasteiger partial charge on any atom is 0.410 e. The lowest BCUT2D eigenvalue weighted by Crippen LogP contribution is -2.51. The molecule has 1 N–H and O–H groups in total. The summed E-state index contributed by atoms with van der Waals surface area (Å²) in [5.41, 5.74) is 2.09. The zero-order chi connectivity index (χ0) is 18.4. The van der Waals surface area contributed by atoms with E-state index in [1.54, 1.807) is 6.20 Å². The number of amides is 2. The Bertz CT molecular complexity index is 744. The van der Waals surface area contributed by atoms with E-state index in [9.17, 15) is 9.59 Å². The van der Waals surface area contributed by atoms with Gasteiger partial charge in [-0.3, -0.25) is 14.4 Å². The molecule has 1 aromatic heterocycles. The van der Waals surface area contributed by atoms with Crippen LogP contribution in [0.5, 0.6) is 0 Å². The van der Waals surface area contributed by atoms with Crippen molar-refractivity contribution in [1.82, 2.24) is 20.0 Å². The fraction of sp³-hybridized carbons (Fsp3) is 0.421. The van der Waals surface area contributed by atoms with Gasteiger partial charge in [-0.25, -0.2) is 4.79 Å². The molecule has 0 bridgehead atoms. The molecule has 0 saturated carbocycles. The van der Waals surface area contributed by atoms with Crippen LogP contribution in [-0.2, 0) is 22.6 Å². The molecule has 1 unspecified atom stereocenters. The van der Waals surface area contributed by atoms with Gasteiger partial charge in [-0.1, -0.05) is 30.3 Å². The average molecular weight is 356 g/mol. The van der Waals surface area contributed by atoms with Gasteiger partial charge in [0.2, 0.25) is 5.91 Å². The molecular formula is C19H24N4O3. The molecule has 3 rings (SSSR count). The van der Waals surface area contributed by atoms with Gasteiger partial charge in [0.25, 0.3) is 0 Å². The number of hydrogen-bond acceptors (Lipinski definition) is 4. The van der Waals surface area contributed by atoms with Crippen molar-refractivity contribution >= 4 is 12.0 Å². The Hall–Kier alpha value is -2.83. The summed E-state index contributed by atoms with van der Waals surface area (Å²) in [4.78, 5) is 25.9. The minimum atomic E-state index is -0.462. The van der Waals surface area contributed by atoms with E-state index in [2.05, 4.69) is 10.4 Å². The highest BCUT2D eigenvalue weighted by molar-refractivity contribution is 5.85. The molecular weight excluding hydrogens is 332 g/mol. The Kier molecular flexibility index (Phi) is 5.88. The first kappa shape index (κ1) is 18.0. The first-order chi connectivity index (χ1) is 12.7. The van der Waals surface area contributed by atoms with Crippen molar-refractivity contribution < 1.29 is 14.3 Å². The molecule has 138 valence electrons. The maximum atomic E-state index is 12.5. The number of benzene rings is 1. The summed E-state index contributed by atoms with van der Waals surface area (Å²) in [5, 5.41) is 7.25. The van der Waals surface area contributed by atoms with Gasteiger partial charge in [-0.2, -0.15) is 5.10 Å². The molecule has 1 aliphatic rings.